The van der Waals surface area contributed by atoms with Gasteiger partial charge >= 0.3 is 0 Å². The Balaban J connectivity index is 1.25. The zero-order valence-electron chi connectivity index (χ0n) is 17.6. The van der Waals surface area contributed by atoms with Crippen LogP contribution in [-0.4, -0.2) is 75.4 Å². The van der Waals surface area contributed by atoms with Crippen LogP contribution in [0.2, 0.25) is 0 Å². The fraction of sp³-hybridized carbons (Fsp3) is 0.391. The molecule has 2 aliphatic rings. The third kappa shape index (κ3) is 4.18. The molecule has 3 heterocycles. The fourth-order valence-corrected chi connectivity index (χ4v) is 5.14. The van der Waals surface area contributed by atoms with E-state index in [2.05, 4.69) is 21.9 Å². The third-order valence-corrected chi connectivity index (χ3v) is 6.99. The lowest BCUT2D eigenvalue weighted by Crippen LogP contribution is -2.48. The largest absolute Gasteiger partial charge is 0.497 e. The molecule has 2 saturated heterocycles. The Labute approximate surface area is 185 Å². The van der Waals surface area contributed by atoms with Crippen molar-refractivity contribution in [1.82, 2.24) is 9.88 Å². The van der Waals surface area contributed by atoms with Crippen LogP contribution in [0, 0.1) is 0 Å². The van der Waals surface area contributed by atoms with Crippen molar-refractivity contribution in [3.8, 4) is 5.75 Å². The minimum absolute atomic E-state index is 0.0950. The Bertz CT molecular complexity index is 1050. The SMILES string of the molecule is COc1ccc(N2CCN(C(=O)c3ccc4nc(N5CCOCC5)sc4c3)CC2)cc1. The van der Waals surface area contributed by atoms with Crippen LogP contribution in [0.15, 0.2) is 42.5 Å². The molecule has 2 aliphatic heterocycles. The number of anilines is 2. The van der Waals surface area contributed by atoms with Crippen molar-refractivity contribution in [2.75, 3.05) is 69.4 Å². The number of nitrogens with zero attached hydrogens (tertiary/aromatic N) is 4. The Morgan fingerprint density at radius 1 is 0.968 bits per heavy atom. The quantitative estimate of drug-likeness (QED) is 0.624. The second-order valence-corrected chi connectivity index (χ2v) is 8.76. The van der Waals surface area contributed by atoms with Crippen molar-refractivity contribution in [3.63, 3.8) is 0 Å². The van der Waals surface area contributed by atoms with Gasteiger partial charge in [-0.1, -0.05) is 11.3 Å². The van der Waals surface area contributed by atoms with Crippen molar-refractivity contribution in [2.45, 2.75) is 0 Å². The van der Waals surface area contributed by atoms with Gasteiger partial charge in [-0.05, 0) is 42.5 Å². The molecule has 1 amide bonds. The van der Waals surface area contributed by atoms with Crippen LogP contribution < -0.4 is 14.5 Å². The van der Waals surface area contributed by atoms with Crippen molar-refractivity contribution < 1.29 is 14.3 Å². The number of morpholine rings is 1. The number of hydrogen-bond acceptors (Lipinski definition) is 7. The van der Waals surface area contributed by atoms with Gasteiger partial charge in [0.2, 0.25) is 0 Å². The molecule has 0 atom stereocenters. The fourth-order valence-electron chi connectivity index (χ4n) is 4.08. The normalized spacial score (nSPS) is 17.3. The van der Waals surface area contributed by atoms with Crippen LogP contribution in [0.5, 0.6) is 5.75 Å². The van der Waals surface area contributed by atoms with Crippen LogP contribution in [0.25, 0.3) is 10.2 Å². The van der Waals surface area contributed by atoms with E-state index in [1.54, 1.807) is 18.4 Å². The second-order valence-electron chi connectivity index (χ2n) is 7.76. The number of piperazine rings is 1. The van der Waals surface area contributed by atoms with Crippen molar-refractivity contribution in [3.05, 3.63) is 48.0 Å². The summed E-state index contributed by atoms with van der Waals surface area (Å²) >= 11 is 1.65. The van der Waals surface area contributed by atoms with Crippen LogP contribution in [0.3, 0.4) is 0 Å². The maximum Gasteiger partial charge on any atom is 0.254 e. The summed E-state index contributed by atoms with van der Waals surface area (Å²) in [6.07, 6.45) is 0. The van der Waals surface area contributed by atoms with E-state index in [-0.39, 0.29) is 5.91 Å². The van der Waals surface area contributed by atoms with Crippen molar-refractivity contribution in [2.24, 2.45) is 0 Å². The second kappa shape index (κ2) is 8.72. The molecule has 2 aromatic carbocycles. The Kier molecular flexibility index (Phi) is 5.65. The molecular weight excluding hydrogens is 412 g/mol. The number of rotatable bonds is 4. The van der Waals surface area contributed by atoms with Crippen molar-refractivity contribution >= 4 is 38.3 Å². The van der Waals surface area contributed by atoms with E-state index in [0.717, 1.165) is 71.7 Å². The molecule has 5 rings (SSSR count). The summed E-state index contributed by atoms with van der Waals surface area (Å²) in [7, 11) is 1.67. The van der Waals surface area contributed by atoms with E-state index in [0.29, 0.717) is 13.1 Å². The van der Waals surface area contributed by atoms with E-state index in [1.165, 1.54) is 0 Å². The number of amides is 1. The van der Waals surface area contributed by atoms with Gasteiger partial charge in [0.25, 0.3) is 5.91 Å². The number of carbonyl (C=O) groups excluding carboxylic acids is 1. The lowest BCUT2D eigenvalue weighted by Gasteiger charge is -2.36. The molecule has 2 fully saturated rings. The van der Waals surface area contributed by atoms with Gasteiger partial charge in [-0.25, -0.2) is 4.98 Å². The minimum atomic E-state index is 0.0950. The molecule has 0 N–H and O–H groups in total. The molecule has 3 aromatic rings. The van der Waals surface area contributed by atoms with Gasteiger partial charge in [0.05, 0.1) is 30.5 Å². The molecular formula is C23H26N4O3S. The van der Waals surface area contributed by atoms with E-state index >= 15 is 0 Å². The summed E-state index contributed by atoms with van der Waals surface area (Å²) in [4.78, 5) is 24.4. The molecule has 0 aliphatic carbocycles. The number of fused-ring (bicyclic) bond motifs is 1. The van der Waals surface area contributed by atoms with E-state index in [4.69, 9.17) is 14.5 Å². The predicted octanol–water partition coefficient (Wildman–Crippen LogP) is 3.10. The number of aromatic nitrogens is 1. The summed E-state index contributed by atoms with van der Waals surface area (Å²) in [5.74, 6) is 0.949. The number of ether oxygens (including phenoxy) is 2. The molecule has 8 heteroatoms. The number of thiazole rings is 1. The topological polar surface area (TPSA) is 58.1 Å². The van der Waals surface area contributed by atoms with E-state index < -0.39 is 0 Å². The maximum absolute atomic E-state index is 13.1. The molecule has 162 valence electrons. The standard InChI is InChI=1S/C23H26N4O3S/c1-29-19-5-3-18(4-6-19)25-8-10-26(11-9-25)22(28)17-2-7-20-21(16-17)31-23(24-20)27-12-14-30-15-13-27/h2-7,16H,8-15H2,1H3. The van der Waals surface area contributed by atoms with Gasteiger partial charge in [0.1, 0.15) is 5.75 Å². The van der Waals surface area contributed by atoms with Crippen molar-refractivity contribution in [1.29, 1.82) is 0 Å². The predicted molar refractivity (Wildman–Crippen MR) is 124 cm³/mol. The molecule has 0 saturated carbocycles. The first-order valence-corrected chi connectivity index (χ1v) is 11.4. The highest BCUT2D eigenvalue weighted by Gasteiger charge is 2.23. The number of methoxy groups -OCH3 is 1. The highest BCUT2D eigenvalue weighted by molar-refractivity contribution is 7.22. The van der Waals surface area contributed by atoms with Gasteiger partial charge in [-0.2, -0.15) is 0 Å². The molecule has 1 aromatic heterocycles. The van der Waals surface area contributed by atoms with Crippen LogP contribution in [-0.2, 0) is 4.74 Å². The summed E-state index contributed by atoms with van der Waals surface area (Å²) in [6.45, 7) is 6.28. The number of hydrogen-bond donors (Lipinski definition) is 0. The minimum Gasteiger partial charge on any atom is -0.497 e. The average molecular weight is 439 g/mol. The Morgan fingerprint density at radius 3 is 2.42 bits per heavy atom. The molecule has 0 bridgehead atoms. The maximum atomic E-state index is 13.1. The molecule has 7 nitrogen and oxygen atoms in total. The Morgan fingerprint density at radius 2 is 1.71 bits per heavy atom. The van der Waals surface area contributed by atoms with Crippen LogP contribution in [0.1, 0.15) is 10.4 Å². The molecule has 31 heavy (non-hydrogen) atoms. The summed E-state index contributed by atoms with van der Waals surface area (Å²) in [6, 6.07) is 14.0. The highest BCUT2D eigenvalue weighted by atomic mass is 32.1. The summed E-state index contributed by atoms with van der Waals surface area (Å²) in [5.41, 5.74) is 2.85. The monoisotopic (exact) mass is 438 g/mol. The van der Waals surface area contributed by atoms with E-state index in [1.807, 2.05) is 35.2 Å². The third-order valence-electron chi connectivity index (χ3n) is 5.91. The van der Waals surface area contributed by atoms with E-state index in [9.17, 15) is 4.79 Å². The smallest absolute Gasteiger partial charge is 0.254 e. The van der Waals surface area contributed by atoms with Gasteiger partial charge in [-0.15, -0.1) is 0 Å². The lowest BCUT2D eigenvalue weighted by atomic mass is 10.1. The van der Waals surface area contributed by atoms with Gasteiger partial charge in [0, 0.05) is 50.5 Å². The molecule has 0 radical (unpaired) electrons. The summed E-state index contributed by atoms with van der Waals surface area (Å²) < 4.78 is 11.7. The average Bonchev–Trinajstić information content (AvgIpc) is 3.28. The van der Waals surface area contributed by atoms with Crippen LogP contribution in [0.4, 0.5) is 10.8 Å². The lowest BCUT2D eigenvalue weighted by molar-refractivity contribution is 0.0747. The first-order chi connectivity index (χ1) is 15.2. The highest BCUT2D eigenvalue weighted by Crippen LogP contribution is 2.30. The first-order valence-electron chi connectivity index (χ1n) is 10.6. The molecule has 0 unspecified atom stereocenters. The van der Waals surface area contributed by atoms with Crippen LogP contribution >= 0.6 is 11.3 Å². The van der Waals surface area contributed by atoms with Gasteiger partial charge < -0.3 is 24.2 Å². The summed E-state index contributed by atoms with van der Waals surface area (Å²) in [5, 5.41) is 1.01. The zero-order valence-corrected chi connectivity index (χ0v) is 18.4. The van der Waals surface area contributed by atoms with Gasteiger partial charge in [-0.3, -0.25) is 4.79 Å². The Hall–Kier alpha value is -2.84. The first kappa shape index (κ1) is 20.1. The van der Waals surface area contributed by atoms with Gasteiger partial charge in [0.15, 0.2) is 5.13 Å². The zero-order chi connectivity index (χ0) is 21.2. The number of benzene rings is 2. The molecule has 0 spiro atoms. The number of carbonyl (C=O) groups is 1.